The van der Waals surface area contributed by atoms with Crippen molar-refractivity contribution >= 4 is 21.8 Å². The van der Waals surface area contributed by atoms with Gasteiger partial charge < -0.3 is 0 Å². The van der Waals surface area contributed by atoms with E-state index < -0.39 is 10.0 Å². The first-order chi connectivity index (χ1) is 12.6. The Balaban J connectivity index is 1.53. The molecule has 1 aliphatic carbocycles. The maximum atomic E-state index is 13.2. The molecule has 0 amide bonds. The summed E-state index contributed by atoms with van der Waals surface area (Å²) >= 11 is 1.87. The van der Waals surface area contributed by atoms with Gasteiger partial charge in [0.25, 0.3) is 0 Å². The van der Waals surface area contributed by atoms with E-state index in [1.165, 1.54) is 23.1 Å². The van der Waals surface area contributed by atoms with Gasteiger partial charge in [-0.3, -0.25) is 0 Å². The summed E-state index contributed by atoms with van der Waals surface area (Å²) in [6.45, 7) is 1.18. The highest BCUT2D eigenvalue weighted by Crippen LogP contribution is 2.35. The van der Waals surface area contributed by atoms with Crippen LogP contribution < -0.4 is 0 Å². The lowest BCUT2D eigenvalue weighted by molar-refractivity contribution is 0.428. The Labute approximate surface area is 160 Å². The highest BCUT2D eigenvalue weighted by atomic mass is 32.2. The van der Waals surface area contributed by atoms with Crippen LogP contribution in [0.3, 0.4) is 0 Å². The quantitative estimate of drug-likeness (QED) is 0.782. The molecule has 3 nitrogen and oxygen atoms in total. The summed E-state index contributed by atoms with van der Waals surface area (Å²) in [7, 11) is -3.40. The van der Waals surface area contributed by atoms with Crippen LogP contribution >= 0.6 is 11.8 Å². The summed E-state index contributed by atoms with van der Waals surface area (Å²) in [5.74, 6) is 0.837. The van der Waals surface area contributed by atoms with Crippen LogP contribution in [-0.4, -0.2) is 31.6 Å². The number of rotatable bonds is 3. The van der Waals surface area contributed by atoms with Gasteiger partial charge in [-0.2, -0.15) is 16.1 Å². The molecule has 1 heterocycles. The number of hydrogen-bond acceptors (Lipinski definition) is 3. The van der Waals surface area contributed by atoms with Gasteiger partial charge in [0, 0.05) is 24.1 Å². The fraction of sp³-hybridized carbons (Fsp3) is 0.429. The Morgan fingerprint density at radius 1 is 0.923 bits per heavy atom. The van der Waals surface area contributed by atoms with Crippen LogP contribution in [0.5, 0.6) is 0 Å². The molecule has 5 heteroatoms. The second-order valence-corrected chi connectivity index (χ2v) is 10.3. The molecule has 0 saturated carbocycles. The Bertz CT molecular complexity index is 865. The van der Waals surface area contributed by atoms with Gasteiger partial charge in [0.2, 0.25) is 10.0 Å². The molecule has 1 atom stereocenters. The highest BCUT2D eigenvalue weighted by Gasteiger charge is 2.29. The normalized spacial score (nSPS) is 21.8. The van der Waals surface area contributed by atoms with Crippen LogP contribution in [-0.2, 0) is 22.9 Å². The van der Waals surface area contributed by atoms with Crippen molar-refractivity contribution in [3.05, 3.63) is 65.2 Å². The first-order valence-electron chi connectivity index (χ1n) is 9.43. The van der Waals surface area contributed by atoms with Crippen molar-refractivity contribution < 1.29 is 8.42 Å². The van der Waals surface area contributed by atoms with Crippen molar-refractivity contribution in [2.24, 2.45) is 0 Å². The number of thioether (sulfide) groups is 1. The molecule has 1 fully saturated rings. The molecular formula is C21H25NO2S2. The van der Waals surface area contributed by atoms with Crippen LogP contribution in [0, 0.1) is 0 Å². The molecule has 1 unspecified atom stereocenters. The molecule has 138 valence electrons. The largest absolute Gasteiger partial charge is 0.243 e. The van der Waals surface area contributed by atoms with Crippen molar-refractivity contribution in [1.82, 2.24) is 4.31 Å². The summed E-state index contributed by atoms with van der Waals surface area (Å²) in [5.41, 5.74) is 3.85. The van der Waals surface area contributed by atoms with Crippen LogP contribution in [0.2, 0.25) is 0 Å². The predicted octanol–water partition coefficient (Wildman–Crippen LogP) is 4.43. The van der Waals surface area contributed by atoms with Gasteiger partial charge in [-0.15, -0.1) is 0 Å². The van der Waals surface area contributed by atoms with E-state index in [9.17, 15) is 8.42 Å². The maximum Gasteiger partial charge on any atom is 0.243 e. The zero-order valence-corrected chi connectivity index (χ0v) is 16.6. The van der Waals surface area contributed by atoms with E-state index in [4.69, 9.17) is 0 Å². The van der Waals surface area contributed by atoms with Gasteiger partial charge in [-0.1, -0.05) is 36.4 Å². The van der Waals surface area contributed by atoms with E-state index in [1.807, 2.05) is 36.0 Å². The Morgan fingerprint density at radius 3 is 2.50 bits per heavy atom. The van der Waals surface area contributed by atoms with Gasteiger partial charge in [0.05, 0.1) is 4.90 Å². The molecule has 0 bridgehead atoms. The summed E-state index contributed by atoms with van der Waals surface area (Å²) in [5, 5.41) is 0.375. The number of hydrogen-bond donors (Lipinski definition) is 0. The Morgan fingerprint density at radius 2 is 1.69 bits per heavy atom. The van der Waals surface area contributed by atoms with Crippen LogP contribution in [0.25, 0.3) is 0 Å². The molecule has 2 aromatic rings. The van der Waals surface area contributed by atoms with Crippen molar-refractivity contribution in [2.75, 3.05) is 18.8 Å². The molecule has 1 saturated heterocycles. The maximum absolute atomic E-state index is 13.2. The van der Waals surface area contributed by atoms with E-state index in [0.29, 0.717) is 23.2 Å². The fourth-order valence-electron chi connectivity index (χ4n) is 3.94. The summed E-state index contributed by atoms with van der Waals surface area (Å²) in [4.78, 5) is 0.473. The zero-order valence-electron chi connectivity index (χ0n) is 14.9. The minimum Gasteiger partial charge on any atom is -0.207 e. The van der Waals surface area contributed by atoms with E-state index in [1.54, 1.807) is 4.31 Å². The smallest absolute Gasteiger partial charge is 0.207 e. The summed E-state index contributed by atoms with van der Waals surface area (Å²) in [6.07, 6.45) is 5.32. The first-order valence-corrected chi connectivity index (χ1v) is 11.9. The second kappa shape index (κ2) is 7.75. The molecule has 0 aromatic heterocycles. The SMILES string of the molecule is O=S(=O)(c1ccc2c(c1)CCCC2)N1CCSC(c2ccccc2)CC1. The van der Waals surface area contributed by atoms with Gasteiger partial charge in [0.15, 0.2) is 0 Å². The molecule has 4 rings (SSSR count). The average Bonchev–Trinajstić information content (AvgIpc) is 2.95. The first kappa shape index (κ1) is 18.1. The van der Waals surface area contributed by atoms with E-state index in [0.717, 1.165) is 31.4 Å². The number of fused-ring (bicyclic) bond motifs is 1. The Kier molecular flexibility index (Phi) is 5.39. The molecule has 2 aromatic carbocycles. The lowest BCUT2D eigenvalue weighted by atomic mass is 9.92. The van der Waals surface area contributed by atoms with Crippen LogP contribution in [0.4, 0.5) is 0 Å². The molecule has 2 aliphatic rings. The molecule has 26 heavy (non-hydrogen) atoms. The summed E-state index contributed by atoms with van der Waals surface area (Å²) in [6, 6.07) is 16.2. The van der Waals surface area contributed by atoms with Crippen molar-refractivity contribution in [2.45, 2.75) is 42.2 Å². The van der Waals surface area contributed by atoms with E-state index >= 15 is 0 Å². The van der Waals surface area contributed by atoms with Crippen LogP contribution in [0.1, 0.15) is 41.2 Å². The molecule has 0 radical (unpaired) electrons. The monoisotopic (exact) mass is 387 g/mol. The molecule has 1 aliphatic heterocycles. The van der Waals surface area contributed by atoms with Gasteiger partial charge in [-0.05, 0) is 60.9 Å². The van der Waals surface area contributed by atoms with Crippen molar-refractivity contribution in [1.29, 1.82) is 0 Å². The third-order valence-corrected chi connectivity index (χ3v) is 8.65. The topological polar surface area (TPSA) is 37.4 Å². The number of aryl methyl sites for hydroxylation is 2. The number of nitrogens with zero attached hydrogens (tertiary/aromatic N) is 1. The van der Waals surface area contributed by atoms with Crippen LogP contribution in [0.15, 0.2) is 53.4 Å². The summed E-state index contributed by atoms with van der Waals surface area (Å²) < 4.78 is 28.1. The lowest BCUT2D eigenvalue weighted by Crippen LogP contribution is -2.33. The lowest BCUT2D eigenvalue weighted by Gasteiger charge is -2.22. The van der Waals surface area contributed by atoms with Crippen molar-refractivity contribution in [3.8, 4) is 0 Å². The van der Waals surface area contributed by atoms with E-state index in [-0.39, 0.29) is 0 Å². The molecule has 0 N–H and O–H groups in total. The van der Waals surface area contributed by atoms with Gasteiger partial charge >= 0.3 is 0 Å². The number of benzene rings is 2. The zero-order chi connectivity index (χ0) is 18.0. The van der Waals surface area contributed by atoms with E-state index in [2.05, 4.69) is 24.3 Å². The minimum absolute atomic E-state index is 0.375. The van der Waals surface area contributed by atoms with Gasteiger partial charge in [0.1, 0.15) is 0 Å². The average molecular weight is 388 g/mol. The third kappa shape index (κ3) is 3.71. The molecule has 0 spiro atoms. The van der Waals surface area contributed by atoms with Gasteiger partial charge in [-0.25, -0.2) is 8.42 Å². The fourth-order valence-corrected chi connectivity index (χ4v) is 6.80. The van der Waals surface area contributed by atoms with Crippen molar-refractivity contribution in [3.63, 3.8) is 0 Å². The third-order valence-electron chi connectivity index (χ3n) is 5.43. The minimum atomic E-state index is -3.40. The Hall–Kier alpha value is -1.30. The standard InChI is InChI=1S/C21H25NO2S2/c23-26(24,20-11-10-17-6-4-5-9-19(17)16-20)22-13-12-21(25-15-14-22)18-7-2-1-3-8-18/h1-3,7-8,10-11,16,21H,4-6,9,12-15H2. The molecular weight excluding hydrogens is 362 g/mol. The predicted molar refractivity (Wildman–Crippen MR) is 108 cm³/mol. The number of sulfonamides is 1. The highest BCUT2D eigenvalue weighted by molar-refractivity contribution is 7.99. The second-order valence-electron chi connectivity index (χ2n) is 7.10.